The highest BCUT2D eigenvalue weighted by Crippen LogP contribution is 2.26. The minimum Gasteiger partial charge on any atom is -0.312 e. The molecule has 0 aromatic carbocycles. The van der Waals surface area contributed by atoms with Gasteiger partial charge in [0.1, 0.15) is 0 Å². The van der Waals surface area contributed by atoms with E-state index in [0.717, 1.165) is 6.54 Å². The van der Waals surface area contributed by atoms with Crippen LogP contribution in [0, 0.1) is 0 Å². The molecule has 114 valence electrons. The first-order valence-electron chi connectivity index (χ1n) is 8.61. The summed E-state index contributed by atoms with van der Waals surface area (Å²) in [6, 6.07) is 0.641. The number of unbranched alkanes of at least 4 members (excludes halogenated alkanes) is 2. The Kier molecular flexibility index (Phi) is 8.01. The summed E-state index contributed by atoms with van der Waals surface area (Å²) in [5.74, 6) is 0. The van der Waals surface area contributed by atoms with Gasteiger partial charge in [-0.3, -0.25) is 4.90 Å². The quantitative estimate of drug-likeness (QED) is 0.664. The second kappa shape index (κ2) is 8.97. The predicted molar refractivity (Wildman–Crippen MR) is 85.7 cm³/mol. The molecule has 0 radical (unpaired) electrons. The molecule has 0 saturated carbocycles. The molecule has 1 aliphatic heterocycles. The van der Waals surface area contributed by atoms with E-state index in [2.05, 4.69) is 37.9 Å². The first kappa shape index (κ1) is 17.0. The van der Waals surface area contributed by atoms with Crippen molar-refractivity contribution in [1.82, 2.24) is 10.2 Å². The van der Waals surface area contributed by atoms with Crippen LogP contribution in [0.3, 0.4) is 0 Å². The zero-order valence-electron chi connectivity index (χ0n) is 13.8. The van der Waals surface area contributed by atoms with Crippen LogP contribution >= 0.6 is 0 Å². The second-order valence-corrected chi connectivity index (χ2v) is 6.66. The first-order valence-corrected chi connectivity index (χ1v) is 8.61. The van der Waals surface area contributed by atoms with E-state index in [4.69, 9.17) is 0 Å². The molecular weight excluding hydrogens is 232 g/mol. The van der Waals surface area contributed by atoms with Gasteiger partial charge in [-0.25, -0.2) is 0 Å². The van der Waals surface area contributed by atoms with E-state index in [1.54, 1.807) is 0 Å². The number of rotatable bonds is 8. The molecule has 0 aliphatic carbocycles. The van der Waals surface area contributed by atoms with Crippen molar-refractivity contribution in [3.63, 3.8) is 0 Å². The van der Waals surface area contributed by atoms with Crippen LogP contribution in [0.4, 0.5) is 0 Å². The molecule has 0 spiro atoms. The van der Waals surface area contributed by atoms with Crippen LogP contribution in [0.25, 0.3) is 0 Å². The zero-order valence-corrected chi connectivity index (χ0v) is 13.8. The first-order chi connectivity index (χ1) is 9.12. The van der Waals surface area contributed by atoms with Crippen LogP contribution in [0.2, 0.25) is 0 Å². The van der Waals surface area contributed by atoms with E-state index in [-0.39, 0.29) is 0 Å². The van der Waals surface area contributed by atoms with Gasteiger partial charge in [0.05, 0.1) is 0 Å². The molecule has 0 aromatic heterocycles. The molecule has 1 unspecified atom stereocenters. The Morgan fingerprint density at radius 1 is 1.00 bits per heavy atom. The summed E-state index contributed by atoms with van der Waals surface area (Å²) in [5, 5.41) is 3.76. The number of nitrogens with zero attached hydrogens (tertiary/aromatic N) is 1. The number of likely N-dealkylation sites (N-methyl/N-ethyl adjacent to an activating group) is 1. The summed E-state index contributed by atoms with van der Waals surface area (Å²) < 4.78 is 0. The van der Waals surface area contributed by atoms with Crippen LogP contribution in [0.5, 0.6) is 0 Å². The highest BCUT2D eigenvalue weighted by molar-refractivity contribution is 4.94. The van der Waals surface area contributed by atoms with Crippen molar-refractivity contribution in [2.75, 3.05) is 19.6 Å². The number of hydrogen-bond donors (Lipinski definition) is 1. The molecule has 0 aromatic rings. The monoisotopic (exact) mass is 268 g/mol. The molecule has 1 rings (SSSR count). The fraction of sp³-hybridized carbons (Fsp3) is 1.00. The molecule has 1 saturated heterocycles. The third-order valence-corrected chi connectivity index (χ3v) is 4.82. The van der Waals surface area contributed by atoms with E-state index < -0.39 is 0 Å². The Balaban J connectivity index is 2.60. The Bertz CT molecular complexity index is 217. The lowest BCUT2D eigenvalue weighted by molar-refractivity contribution is 0.0795. The Hall–Kier alpha value is -0.0800. The van der Waals surface area contributed by atoms with Crippen LogP contribution in [0.15, 0.2) is 0 Å². The second-order valence-electron chi connectivity index (χ2n) is 6.66. The van der Waals surface area contributed by atoms with Crippen molar-refractivity contribution < 1.29 is 0 Å². The molecule has 1 atom stereocenters. The van der Waals surface area contributed by atoms with Gasteiger partial charge in [0.25, 0.3) is 0 Å². The van der Waals surface area contributed by atoms with Gasteiger partial charge in [-0.15, -0.1) is 0 Å². The molecule has 1 fully saturated rings. The normalized spacial score (nSPS) is 20.2. The lowest BCUT2D eigenvalue weighted by atomic mass is 9.88. The lowest BCUT2D eigenvalue weighted by Crippen LogP contribution is -2.58. The number of hydrogen-bond acceptors (Lipinski definition) is 2. The Morgan fingerprint density at radius 3 is 2.16 bits per heavy atom. The Labute approximate surface area is 121 Å². The maximum absolute atomic E-state index is 3.76. The molecule has 2 nitrogen and oxygen atoms in total. The summed E-state index contributed by atoms with van der Waals surface area (Å²) in [4.78, 5) is 2.75. The summed E-state index contributed by atoms with van der Waals surface area (Å²) >= 11 is 0. The van der Waals surface area contributed by atoms with E-state index in [9.17, 15) is 0 Å². The standard InChI is InChI=1S/C17H36N2/c1-5-7-10-13-16(18-6-2)17(3,4)19-14-11-8-9-12-15-19/h16,18H,5-15H2,1-4H3. The van der Waals surface area contributed by atoms with Crippen LogP contribution < -0.4 is 5.32 Å². The summed E-state index contributed by atoms with van der Waals surface area (Å²) in [7, 11) is 0. The van der Waals surface area contributed by atoms with Gasteiger partial charge in [-0.2, -0.15) is 0 Å². The van der Waals surface area contributed by atoms with Crippen LogP contribution in [0.1, 0.15) is 79.1 Å². The minimum atomic E-state index is 0.300. The van der Waals surface area contributed by atoms with Gasteiger partial charge >= 0.3 is 0 Å². The summed E-state index contributed by atoms with van der Waals surface area (Å²) in [6.07, 6.45) is 11.0. The van der Waals surface area contributed by atoms with Gasteiger partial charge in [0, 0.05) is 11.6 Å². The van der Waals surface area contributed by atoms with Crippen LogP contribution in [-0.2, 0) is 0 Å². The Morgan fingerprint density at radius 2 is 1.63 bits per heavy atom. The SMILES string of the molecule is CCCCCC(NCC)C(C)(C)N1CCCCCC1. The fourth-order valence-electron chi connectivity index (χ4n) is 3.42. The molecule has 0 amide bonds. The van der Waals surface area contributed by atoms with Gasteiger partial charge in [-0.05, 0) is 52.7 Å². The van der Waals surface area contributed by atoms with Crippen LogP contribution in [-0.4, -0.2) is 36.1 Å². The smallest absolute Gasteiger partial charge is 0.0306 e. The minimum absolute atomic E-state index is 0.300. The van der Waals surface area contributed by atoms with Gasteiger partial charge in [-0.1, -0.05) is 46.0 Å². The summed E-state index contributed by atoms with van der Waals surface area (Å²) in [6.45, 7) is 13.1. The highest BCUT2D eigenvalue weighted by atomic mass is 15.2. The summed E-state index contributed by atoms with van der Waals surface area (Å²) in [5.41, 5.74) is 0.300. The average Bonchev–Trinajstić information content (AvgIpc) is 2.67. The van der Waals surface area contributed by atoms with Crippen molar-refractivity contribution in [2.24, 2.45) is 0 Å². The molecule has 1 aliphatic rings. The predicted octanol–water partition coefficient (Wildman–Crippen LogP) is 4.20. The van der Waals surface area contributed by atoms with E-state index >= 15 is 0 Å². The van der Waals surface area contributed by atoms with Gasteiger partial charge < -0.3 is 5.32 Å². The molecule has 1 heterocycles. The van der Waals surface area contributed by atoms with Gasteiger partial charge in [0.2, 0.25) is 0 Å². The van der Waals surface area contributed by atoms with Crippen molar-refractivity contribution in [1.29, 1.82) is 0 Å². The molecule has 0 bridgehead atoms. The third-order valence-electron chi connectivity index (χ3n) is 4.82. The van der Waals surface area contributed by atoms with E-state index in [1.165, 1.54) is 64.5 Å². The maximum atomic E-state index is 3.76. The molecule has 1 N–H and O–H groups in total. The largest absolute Gasteiger partial charge is 0.312 e. The zero-order chi connectivity index (χ0) is 14.1. The third kappa shape index (κ3) is 5.43. The van der Waals surface area contributed by atoms with Crippen molar-refractivity contribution >= 4 is 0 Å². The van der Waals surface area contributed by atoms with Gasteiger partial charge in [0.15, 0.2) is 0 Å². The van der Waals surface area contributed by atoms with E-state index in [1.807, 2.05) is 0 Å². The molecular formula is C17H36N2. The lowest BCUT2D eigenvalue weighted by Gasteiger charge is -2.44. The maximum Gasteiger partial charge on any atom is 0.0306 e. The van der Waals surface area contributed by atoms with Crippen molar-refractivity contribution in [3.8, 4) is 0 Å². The molecule has 19 heavy (non-hydrogen) atoms. The van der Waals surface area contributed by atoms with Crippen molar-refractivity contribution in [2.45, 2.75) is 90.6 Å². The molecule has 2 heteroatoms. The topological polar surface area (TPSA) is 15.3 Å². The number of nitrogens with one attached hydrogen (secondary N) is 1. The fourth-order valence-corrected chi connectivity index (χ4v) is 3.42. The van der Waals surface area contributed by atoms with E-state index in [0.29, 0.717) is 11.6 Å². The van der Waals surface area contributed by atoms with Crippen molar-refractivity contribution in [3.05, 3.63) is 0 Å². The number of likely N-dealkylation sites (tertiary alicyclic amines) is 1. The average molecular weight is 268 g/mol. The highest BCUT2D eigenvalue weighted by Gasteiger charge is 2.34.